The molecule has 0 atom stereocenters. The van der Waals surface area contributed by atoms with Crippen LogP contribution < -0.4 is 0 Å². The normalized spacial score (nSPS) is 15.1. The molecule has 0 aliphatic carbocycles. The van der Waals surface area contributed by atoms with Crippen molar-refractivity contribution in [2.45, 2.75) is 6.54 Å². The summed E-state index contributed by atoms with van der Waals surface area (Å²) in [6.07, 6.45) is 2.18. The smallest absolute Gasteiger partial charge is 0.0943 e. The molecule has 1 aromatic heterocycles. The van der Waals surface area contributed by atoms with E-state index in [9.17, 15) is 0 Å². The molecule has 1 aliphatic rings. The van der Waals surface area contributed by atoms with Crippen LogP contribution in [0.3, 0.4) is 0 Å². The van der Waals surface area contributed by atoms with E-state index in [-0.39, 0.29) is 0 Å². The van der Waals surface area contributed by atoms with Crippen molar-refractivity contribution in [3.8, 4) is 0 Å². The van der Waals surface area contributed by atoms with Gasteiger partial charge in [0.2, 0.25) is 0 Å². The maximum atomic E-state index is 5.04. The van der Waals surface area contributed by atoms with Crippen molar-refractivity contribution < 1.29 is 0 Å². The number of para-hydroxylation sites is 1. The van der Waals surface area contributed by atoms with Gasteiger partial charge in [-0.3, -0.25) is 0 Å². The van der Waals surface area contributed by atoms with Gasteiger partial charge in [0, 0.05) is 16.5 Å². The van der Waals surface area contributed by atoms with Crippen LogP contribution in [0, 0.1) is 0 Å². The standard InChI is InChI=1S/C24H18N2/c1-3-9-18(10-4-1)15-21-17-26-22-14-8-7-13-20(22)16-23(26)24(25-21)19-11-5-2-6-12-19/h1-16H,17H2/b21-15-. The number of fused-ring (bicyclic) bond motifs is 3. The summed E-state index contributed by atoms with van der Waals surface area (Å²) in [4.78, 5) is 5.04. The van der Waals surface area contributed by atoms with Crippen molar-refractivity contribution in [3.63, 3.8) is 0 Å². The van der Waals surface area contributed by atoms with Gasteiger partial charge in [0.05, 0.1) is 23.6 Å². The van der Waals surface area contributed by atoms with Gasteiger partial charge in [-0.2, -0.15) is 0 Å². The first-order chi connectivity index (χ1) is 12.9. The molecule has 5 rings (SSSR count). The van der Waals surface area contributed by atoms with Crippen molar-refractivity contribution in [3.05, 3.63) is 114 Å². The molecule has 0 radical (unpaired) electrons. The van der Waals surface area contributed by atoms with Crippen LogP contribution in [0.5, 0.6) is 0 Å². The molecule has 2 heteroatoms. The molecule has 0 spiro atoms. The summed E-state index contributed by atoms with van der Waals surface area (Å²) in [5.41, 5.74) is 6.88. The third-order valence-electron chi connectivity index (χ3n) is 4.81. The Bertz CT molecular complexity index is 1130. The van der Waals surface area contributed by atoms with Crippen LogP contribution >= 0.6 is 0 Å². The van der Waals surface area contributed by atoms with Crippen LogP contribution in [0.4, 0.5) is 0 Å². The maximum absolute atomic E-state index is 5.04. The third-order valence-corrected chi connectivity index (χ3v) is 4.81. The second-order valence-corrected chi connectivity index (χ2v) is 6.55. The number of aliphatic imine (C=N–C) groups is 1. The van der Waals surface area contributed by atoms with Crippen LogP contribution in [-0.2, 0) is 6.54 Å². The van der Waals surface area contributed by atoms with Crippen molar-refractivity contribution in [1.82, 2.24) is 4.57 Å². The zero-order chi connectivity index (χ0) is 17.3. The molecule has 0 fully saturated rings. The molecule has 1 aliphatic heterocycles. The quantitative estimate of drug-likeness (QED) is 0.458. The average Bonchev–Trinajstić information content (AvgIpc) is 3.08. The number of hydrogen-bond acceptors (Lipinski definition) is 1. The lowest BCUT2D eigenvalue weighted by Gasteiger charge is -2.19. The van der Waals surface area contributed by atoms with E-state index in [1.807, 2.05) is 12.1 Å². The SMILES string of the molecule is C(=C1\Cn2c(cc3ccccc32)C(c2ccccc2)=N1)/c1ccccc1. The molecule has 0 unspecified atom stereocenters. The number of nitrogens with zero attached hydrogens (tertiary/aromatic N) is 2. The highest BCUT2D eigenvalue weighted by atomic mass is 15.1. The van der Waals surface area contributed by atoms with Gasteiger partial charge in [0.1, 0.15) is 0 Å². The minimum atomic E-state index is 0.786. The van der Waals surface area contributed by atoms with Gasteiger partial charge in [0.15, 0.2) is 0 Å². The third kappa shape index (κ3) is 2.56. The van der Waals surface area contributed by atoms with E-state index in [2.05, 4.69) is 89.5 Å². The van der Waals surface area contributed by atoms with Gasteiger partial charge in [-0.15, -0.1) is 0 Å². The summed E-state index contributed by atoms with van der Waals surface area (Å²) in [7, 11) is 0. The van der Waals surface area contributed by atoms with Gasteiger partial charge in [0.25, 0.3) is 0 Å². The topological polar surface area (TPSA) is 17.3 Å². The van der Waals surface area contributed by atoms with Gasteiger partial charge < -0.3 is 4.57 Å². The van der Waals surface area contributed by atoms with Crippen molar-refractivity contribution in [1.29, 1.82) is 0 Å². The van der Waals surface area contributed by atoms with E-state index in [4.69, 9.17) is 4.99 Å². The average molecular weight is 334 g/mol. The Morgan fingerprint density at radius 1 is 0.769 bits per heavy atom. The highest BCUT2D eigenvalue weighted by Gasteiger charge is 2.20. The van der Waals surface area contributed by atoms with E-state index >= 15 is 0 Å². The van der Waals surface area contributed by atoms with Gasteiger partial charge in [-0.25, -0.2) is 4.99 Å². The monoisotopic (exact) mass is 334 g/mol. The molecule has 0 saturated carbocycles. The zero-order valence-electron chi connectivity index (χ0n) is 14.3. The summed E-state index contributed by atoms with van der Waals surface area (Å²) in [6, 6.07) is 31.7. The fourth-order valence-corrected chi connectivity index (χ4v) is 3.60. The number of allylic oxidation sites excluding steroid dienone is 1. The van der Waals surface area contributed by atoms with E-state index < -0.39 is 0 Å². The summed E-state index contributed by atoms with van der Waals surface area (Å²) < 4.78 is 2.37. The number of rotatable bonds is 2. The molecule has 124 valence electrons. The second kappa shape index (κ2) is 6.16. The lowest BCUT2D eigenvalue weighted by Crippen LogP contribution is -2.17. The predicted molar refractivity (Wildman–Crippen MR) is 108 cm³/mol. The molecule has 26 heavy (non-hydrogen) atoms. The van der Waals surface area contributed by atoms with Gasteiger partial charge in [-0.05, 0) is 23.8 Å². The van der Waals surface area contributed by atoms with Crippen LogP contribution in [-0.4, -0.2) is 10.3 Å². The van der Waals surface area contributed by atoms with E-state index in [1.165, 1.54) is 22.2 Å². The highest BCUT2D eigenvalue weighted by molar-refractivity contribution is 6.15. The molecular formula is C24H18N2. The summed E-state index contributed by atoms with van der Waals surface area (Å²) in [6.45, 7) is 0.786. The molecule has 0 amide bonds. The molecule has 0 bridgehead atoms. The number of aromatic nitrogens is 1. The first-order valence-corrected chi connectivity index (χ1v) is 8.87. The lowest BCUT2D eigenvalue weighted by molar-refractivity contribution is 0.789. The minimum absolute atomic E-state index is 0.786. The van der Waals surface area contributed by atoms with Crippen molar-refractivity contribution in [2.24, 2.45) is 4.99 Å². The Morgan fingerprint density at radius 2 is 1.46 bits per heavy atom. The predicted octanol–water partition coefficient (Wildman–Crippen LogP) is 5.53. The maximum Gasteiger partial charge on any atom is 0.0943 e. The van der Waals surface area contributed by atoms with Crippen molar-refractivity contribution >= 4 is 22.7 Å². The van der Waals surface area contributed by atoms with Crippen molar-refractivity contribution in [2.75, 3.05) is 0 Å². The van der Waals surface area contributed by atoms with Gasteiger partial charge in [-0.1, -0.05) is 78.9 Å². The Morgan fingerprint density at radius 3 is 2.27 bits per heavy atom. The first-order valence-electron chi connectivity index (χ1n) is 8.87. The molecule has 3 aromatic carbocycles. The second-order valence-electron chi connectivity index (χ2n) is 6.55. The van der Waals surface area contributed by atoms with Gasteiger partial charge >= 0.3 is 0 Å². The Balaban J connectivity index is 1.73. The summed E-state index contributed by atoms with van der Waals surface area (Å²) in [5.74, 6) is 0. The van der Waals surface area contributed by atoms with Crippen LogP contribution in [0.15, 0.2) is 102 Å². The van der Waals surface area contributed by atoms with Crippen LogP contribution in [0.25, 0.3) is 17.0 Å². The largest absolute Gasteiger partial charge is 0.333 e. The van der Waals surface area contributed by atoms with E-state index in [0.717, 1.165) is 23.5 Å². The Kier molecular flexibility index (Phi) is 3.53. The zero-order valence-corrected chi connectivity index (χ0v) is 14.3. The van der Waals surface area contributed by atoms with Crippen LogP contribution in [0.2, 0.25) is 0 Å². The molecule has 0 saturated heterocycles. The van der Waals surface area contributed by atoms with E-state index in [0.29, 0.717) is 0 Å². The number of hydrogen-bond donors (Lipinski definition) is 0. The number of benzene rings is 3. The summed E-state index contributed by atoms with van der Waals surface area (Å²) in [5, 5.41) is 1.26. The molecule has 2 heterocycles. The molecular weight excluding hydrogens is 316 g/mol. The Hall–Kier alpha value is -3.39. The van der Waals surface area contributed by atoms with E-state index in [1.54, 1.807) is 0 Å². The highest BCUT2D eigenvalue weighted by Crippen LogP contribution is 2.28. The lowest BCUT2D eigenvalue weighted by atomic mass is 10.1. The fraction of sp³-hybridized carbons (Fsp3) is 0.0417. The summed E-state index contributed by atoms with van der Waals surface area (Å²) >= 11 is 0. The minimum Gasteiger partial charge on any atom is -0.333 e. The van der Waals surface area contributed by atoms with Crippen LogP contribution in [0.1, 0.15) is 16.8 Å². The molecule has 0 N–H and O–H groups in total. The first kappa shape index (κ1) is 14.9. The fourth-order valence-electron chi connectivity index (χ4n) is 3.60. The molecule has 4 aromatic rings. The molecule has 2 nitrogen and oxygen atoms in total. The Labute approximate surface area is 152 Å².